The predicted octanol–water partition coefficient (Wildman–Crippen LogP) is 2.99. The summed E-state index contributed by atoms with van der Waals surface area (Å²) in [6.45, 7) is 4.32. The highest BCUT2D eigenvalue weighted by molar-refractivity contribution is 6.04. The van der Waals surface area contributed by atoms with Crippen LogP contribution < -0.4 is 15.1 Å². The van der Waals surface area contributed by atoms with E-state index in [-0.39, 0.29) is 30.8 Å². The number of hydrogen-bond acceptors (Lipinski definition) is 5. The van der Waals surface area contributed by atoms with Crippen LogP contribution in [0.15, 0.2) is 42.6 Å². The first-order chi connectivity index (χ1) is 15.2. The maximum Gasteiger partial charge on any atom is 0.417 e. The average molecular weight is 447 g/mol. The number of halogens is 3. The maximum atomic E-state index is 13.2. The van der Waals surface area contributed by atoms with Crippen LogP contribution in [0, 0.1) is 0 Å². The van der Waals surface area contributed by atoms with E-state index in [9.17, 15) is 22.8 Å². The van der Waals surface area contributed by atoms with Crippen LogP contribution in [0.1, 0.15) is 18.9 Å². The van der Waals surface area contributed by atoms with Crippen LogP contribution in [0.4, 0.5) is 30.4 Å². The van der Waals surface area contributed by atoms with Crippen molar-refractivity contribution in [3.63, 3.8) is 0 Å². The van der Waals surface area contributed by atoms with Crippen molar-refractivity contribution >= 4 is 29.0 Å². The first-order valence-corrected chi connectivity index (χ1v) is 10.4. The largest absolute Gasteiger partial charge is 0.417 e. The molecule has 2 aliphatic rings. The highest BCUT2D eigenvalue weighted by Crippen LogP contribution is 2.32. The Bertz CT molecular complexity index is 988. The smallest absolute Gasteiger partial charge is 0.354 e. The number of fused-ring (bicyclic) bond motifs is 1. The minimum atomic E-state index is -4.41. The normalized spacial score (nSPS) is 19.9. The van der Waals surface area contributed by atoms with E-state index < -0.39 is 11.7 Å². The van der Waals surface area contributed by atoms with Crippen LogP contribution in [0.25, 0.3) is 0 Å². The Morgan fingerprint density at radius 3 is 2.50 bits per heavy atom. The van der Waals surface area contributed by atoms with E-state index in [1.807, 2.05) is 34.9 Å². The van der Waals surface area contributed by atoms with Gasteiger partial charge in [-0.1, -0.05) is 12.1 Å². The zero-order valence-electron chi connectivity index (χ0n) is 17.6. The molecular weight excluding hydrogens is 423 g/mol. The van der Waals surface area contributed by atoms with Crippen LogP contribution >= 0.6 is 0 Å². The van der Waals surface area contributed by atoms with Gasteiger partial charge in [-0.2, -0.15) is 13.2 Å². The predicted molar refractivity (Wildman–Crippen MR) is 115 cm³/mol. The van der Waals surface area contributed by atoms with Gasteiger partial charge in [0.1, 0.15) is 5.82 Å². The van der Waals surface area contributed by atoms with Crippen molar-refractivity contribution < 1.29 is 22.8 Å². The molecule has 1 aromatic carbocycles. The van der Waals surface area contributed by atoms with Crippen molar-refractivity contribution in [2.24, 2.45) is 0 Å². The van der Waals surface area contributed by atoms with Crippen LogP contribution in [0.3, 0.4) is 0 Å². The number of nitrogens with one attached hydrogen (secondary N) is 1. The second-order valence-corrected chi connectivity index (χ2v) is 8.05. The average Bonchev–Trinajstić information content (AvgIpc) is 2.88. The number of benzene rings is 1. The summed E-state index contributed by atoms with van der Waals surface area (Å²) in [7, 11) is 0. The highest BCUT2D eigenvalue weighted by Gasteiger charge is 2.32. The number of alkyl halides is 3. The van der Waals surface area contributed by atoms with E-state index in [2.05, 4.69) is 10.3 Å². The third kappa shape index (κ3) is 4.69. The van der Waals surface area contributed by atoms with Crippen LogP contribution in [0.2, 0.25) is 0 Å². The fourth-order valence-corrected chi connectivity index (χ4v) is 4.11. The summed E-state index contributed by atoms with van der Waals surface area (Å²) in [5, 5.41) is 2.85. The summed E-state index contributed by atoms with van der Waals surface area (Å²) >= 11 is 0. The number of rotatable bonds is 3. The lowest BCUT2D eigenvalue weighted by atomic mass is 10.1. The molecule has 170 valence electrons. The molecule has 0 spiro atoms. The summed E-state index contributed by atoms with van der Waals surface area (Å²) < 4.78 is 38.2. The number of nitrogens with zero attached hydrogens (tertiary/aromatic N) is 4. The van der Waals surface area contributed by atoms with E-state index in [0.29, 0.717) is 43.4 Å². The zero-order valence-corrected chi connectivity index (χ0v) is 17.6. The molecule has 0 saturated carbocycles. The van der Waals surface area contributed by atoms with Gasteiger partial charge < -0.3 is 15.1 Å². The number of carbonyl (C=O) groups is 2. The minimum absolute atomic E-state index is 0.0949. The molecule has 1 aromatic heterocycles. The topological polar surface area (TPSA) is 68.8 Å². The Kier molecular flexibility index (Phi) is 6.05. The van der Waals surface area contributed by atoms with Crippen molar-refractivity contribution in [3.8, 4) is 0 Å². The van der Waals surface area contributed by atoms with Gasteiger partial charge in [0.05, 0.1) is 23.5 Å². The van der Waals surface area contributed by atoms with Gasteiger partial charge in [0.25, 0.3) is 0 Å². The van der Waals surface area contributed by atoms with Gasteiger partial charge in [-0.25, -0.2) is 4.98 Å². The van der Waals surface area contributed by atoms with Crippen molar-refractivity contribution in [2.45, 2.75) is 25.6 Å². The maximum absolute atomic E-state index is 13.2. The fourth-order valence-electron chi connectivity index (χ4n) is 4.11. The van der Waals surface area contributed by atoms with Crippen molar-refractivity contribution in [3.05, 3.63) is 48.2 Å². The van der Waals surface area contributed by atoms with E-state index in [0.717, 1.165) is 12.3 Å². The lowest BCUT2D eigenvalue weighted by molar-refractivity contribution is -0.137. The number of anilines is 3. The van der Waals surface area contributed by atoms with E-state index in [1.165, 1.54) is 6.07 Å². The number of pyridine rings is 1. The molecule has 32 heavy (non-hydrogen) atoms. The third-order valence-electron chi connectivity index (χ3n) is 5.76. The molecule has 0 aliphatic carbocycles. The van der Waals surface area contributed by atoms with Crippen molar-refractivity contribution in [1.29, 1.82) is 0 Å². The van der Waals surface area contributed by atoms with E-state index in [1.54, 1.807) is 11.0 Å². The van der Waals surface area contributed by atoms with Crippen LogP contribution in [-0.2, 0) is 15.8 Å². The third-order valence-corrected chi connectivity index (χ3v) is 5.76. The molecule has 4 rings (SSSR count). The Labute approximate surface area is 183 Å². The van der Waals surface area contributed by atoms with E-state index >= 15 is 0 Å². The van der Waals surface area contributed by atoms with Gasteiger partial charge >= 0.3 is 6.18 Å². The number of amides is 2. The molecule has 1 atom stereocenters. The van der Waals surface area contributed by atoms with Gasteiger partial charge in [-0.15, -0.1) is 0 Å². The Hall–Kier alpha value is -3.14. The molecule has 0 radical (unpaired) electrons. The molecule has 1 saturated heterocycles. The SMILES string of the molecule is CC1CC(=O)Nc2ccccc2N1C(=O)CN1CCN(c2ccc(C(F)(F)F)cn2)CC1. The van der Waals surface area contributed by atoms with Gasteiger partial charge in [-0.05, 0) is 31.2 Å². The monoisotopic (exact) mass is 447 g/mol. The number of hydrogen-bond donors (Lipinski definition) is 1. The summed E-state index contributed by atoms with van der Waals surface area (Å²) in [4.78, 5) is 34.9. The molecular formula is C22H24F3N5O2. The Balaban J connectivity index is 1.39. The molecule has 2 aliphatic heterocycles. The number of aromatic nitrogens is 1. The zero-order chi connectivity index (χ0) is 22.9. The molecule has 7 nitrogen and oxygen atoms in total. The van der Waals surface area contributed by atoms with Crippen LogP contribution in [-0.4, -0.2) is 60.5 Å². The summed E-state index contributed by atoms with van der Waals surface area (Å²) in [5.74, 6) is 0.268. The molecule has 1 fully saturated rings. The second-order valence-electron chi connectivity index (χ2n) is 8.05. The molecule has 0 bridgehead atoms. The molecule has 3 heterocycles. The van der Waals surface area contributed by atoms with Crippen LogP contribution in [0.5, 0.6) is 0 Å². The molecule has 10 heteroatoms. The lowest BCUT2D eigenvalue weighted by Crippen LogP contribution is -2.51. The quantitative estimate of drug-likeness (QED) is 0.784. The van der Waals surface area contributed by atoms with Gasteiger partial charge in [0.15, 0.2) is 0 Å². The number of para-hydroxylation sites is 2. The molecule has 1 unspecified atom stereocenters. The summed E-state index contributed by atoms with van der Waals surface area (Å²) in [6.07, 6.45) is -3.35. The standard InChI is InChI=1S/C22H24F3N5O2/c1-15-12-20(31)27-17-4-2-3-5-18(17)30(15)21(32)14-28-8-10-29(11-9-28)19-7-6-16(13-26-19)22(23,24)25/h2-7,13,15H,8-12,14H2,1H3,(H,27,31). The van der Waals surface area contributed by atoms with Gasteiger partial charge in [0.2, 0.25) is 11.8 Å². The van der Waals surface area contributed by atoms with E-state index in [4.69, 9.17) is 0 Å². The fraction of sp³-hybridized carbons (Fsp3) is 0.409. The van der Waals surface area contributed by atoms with Crippen molar-refractivity contribution in [2.75, 3.05) is 47.8 Å². The first kappa shape index (κ1) is 22.1. The number of piperazine rings is 1. The van der Waals surface area contributed by atoms with Gasteiger partial charge in [0, 0.05) is 44.8 Å². The highest BCUT2D eigenvalue weighted by atomic mass is 19.4. The molecule has 2 aromatic rings. The lowest BCUT2D eigenvalue weighted by Gasteiger charge is -2.36. The Morgan fingerprint density at radius 2 is 1.84 bits per heavy atom. The van der Waals surface area contributed by atoms with Crippen molar-refractivity contribution in [1.82, 2.24) is 9.88 Å². The summed E-state index contributed by atoms with van der Waals surface area (Å²) in [5.41, 5.74) is 0.530. The summed E-state index contributed by atoms with van der Waals surface area (Å²) in [6, 6.07) is 9.38. The van der Waals surface area contributed by atoms with Gasteiger partial charge in [-0.3, -0.25) is 14.5 Å². The first-order valence-electron chi connectivity index (χ1n) is 10.4. The molecule has 1 N–H and O–H groups in total. The molecule has 2 amide bonds. The second kappa shape index (κ2) is 8.78. The minimum Gasteiger partial charge on any atom is -0.354 e. The number of carbonyl (C=O) groups excluding carboxylic acids is 2. The Morgan fingerprint density at radius 1 is 1.12 bits per heavy atom.